The van der Waals surface area contributed by atoms with Crippen molar-refractivity contribution in [2.24, 2.45) is 0 Å². The van der Waals surface area contributed by atoms with Crippen LogP contribution in [-0.2, 0) is 4.79 Å². The summed E-state index contributed by atoms with van der Waals surface area (Å²) < 4.78 is 5.38. The van der Waals surface area contributed by atoms with Gasteiger partial charge in [0.1, 0.15) is 5.76 Å². The quantitative estimate of drug-likeness (QED) is 0.760. The second-order valence-electron chi connectivity index (χ2n) is 7.60. The molecule has 7 nitrogen and oxygen atoms in total. The zero-order valence-electron chi connectivity index (χ0n) is 17.5. The minimum Gasteiger partial charge on any atom is -0.456 e. The highest BCUT2D eigenvalue weighted by atomic mass is 16.3. The SMILES string of the molecule is Cc1ccc(C(=O)NC2CCN(C(C)C(=O)N(CCC#N)c3ccccc3)CC2)o1. The van der Waals surface area contributed by atoms with Gasteiger partial charge >= 0.3 is 0 Å². The van der Waals surface area contributed by atoms with Crippen LogP contribution in [0.4, 0.5) is 5.69 Å². The van der Waals surface area contributed by atoms with Crippen LogP contribution in [-0.4, -0.2) is 48.4 Å². The van der Waals surface area contributed by atoms with Gasteiger partial charge in [0.2, 0.25) is 5.91 Å². The van der Waals surface area contributed by atoms with E-state index in [9.17, 15) is 9.59 Å². The van der Waals surface area contributed by atoms with Crippen LogP contribution >= 0.6 is 0 Å². The number of furan rings is 1. The molecule has 1 aromatic carbocycles. The van der Waals surface area contributed by atoms with Gasteiger partial charge in [0.25, 0.3) is 5.91 Å². The Hall–Kier alpha value is -3.11. The fourth-order valence-electron chi connectivity index (χ4n) is 3.76. The fourth-order valence-corrected chi connectivity index (χ4v) is 3.76. The third-order valence-corrected chi connectivity index (χ3v) is 5.52. The van der Waals surface area contributed by atoms with E-state index in [2.05, 4.69) is 16.3 Å². The first kappa shape index (κ1) is 21.6. The fraction of sp³-hybridized carbons (Fsp3) is 0.435. The second-order valence-corrected chi connectivity index (χ2v) is 7.60. The predicted molar refractivity (Wildman–Crippen MR) is 114 cm³/mol. The average molecular weight is 409 g/mol. The van der Waals surface area contributed by atoms with E-state index in [-0.39, 0.29) is 30.3 Å². The minimum atomic E-state index is -0.298. The summed E-state index contributed by atoms with van der Waals surface area (Å²) in [4.78, 5) is 29.3. The molecule has 2 amide bonds. The minimum absolute atomic E-state index is 0.00926. The molecule has 3 rings (SSSR count). The summed E-state index contributed by atoms with van der Waals surface area (Å²) in [6.45, 7) is 5.53. The topological polar surface area (TPSA) is 89.6 Å². The van der Waals surface area contributed by atoms with Crippen molar-refractivity contribution < 1.29 is 14.0 Å². The molecule has 158 valence electrons. The van der Waals surface area contributed by atoms with E-state index in [1.807, 2.05) is 44.2 Å². The number of hydrogen-bond donors (Lipinski definition) is 1. The van der Waals surface area contributed by atoms with E-state index in [1.54, 1.807) is 17.0 Å². The number of hydrogen-bond acceptors (Lipinski definition) is 5. The van der Waals surface area contributed by atoms with Gasteiger partial charge in [0.15, 0.2) is 5.76 Å². The lowest BCUT2D eigenvalue weighted by Crippen LogP contribution is -2.52. The lowest BCUT2D eigenvalue weighted by Gasteiger charge is -2.37. The number of likely N-dealkylation sites (tertiary alicyclic amines) is 1. The number of anilines is 1. The number of amides is 2. The van der Waals surface area contributed by atoms with Gasteiger partial charge < -0.3 is 14.6 Å². The highest BCUT2D eigenvalue weighted by molar-refractivity contribution is 5.97. The van der Waals surface area contributed by atoms with Crippen LogP contribution in [0, 0.1) is 18.3 Å². The maximum atomic E-state index is 13.2. The number of carbonyl (C=O) groups excluding carboxylic acids is 2. The van der Waals surface area contributed by atoms with Crippen molar-refractivity contribution in [3.63, 3.8) is 0 Å². The number of nitrogens with one attached hydrogen (secondary N) is 1. The Morgan fingerprint density at radius 1 is 1.23 bits per heavy atom. The molecule has 0 spiro atoms. The number of nitriles is 1. The molecule has 1 atom stereocenters. The van der Waals surface area contributed by atoms with Gasteiger partial charge in [-0.25, -0.2) is 0 Å². The molecule has 1 fully saturated rings. The van der Waals surface area contributed by atoms with E-state index < -0.39 is 0 Å². The van der Waals surface area contributed by atoms with E-state index in [1.165, 1.54) is 0 Å². The summed E-state index contributed by atoms with van der Waals surface area (Å²) in [5, 5.41) is 12.0. The van der Waals surface area contributed by atoms with Crippen molar-refractivity contribution in [2.75, 3.05) is 24.5 Å². The molecule has 1 aliphatic heterocycles. The maximum absolute atomic E-state index is 13.2. The first-order chi connectivity index (χ1) is 14.5. The summed E-state index contributed by atoms with van der Waals surface area (Å²) in [7, 11) is 0. The molecule has 2 aromatic rings. The molecule has 2 heterocycles. The number of piperidine rings is 1. The number of carbonyl (C=O) groups is 2. The van der Waals surface area contributed by atoms with Gasteiger partial charge in [0, 0.05) is 31.4 Å². The van der Waals surface area contributed by atoms with Crippen molar-refractivity contribution in [2.45, 2.75) is 45.2 Å². The second kappa shape index (κ2) is 10.1. The van der Waals surface area contributed by atoms with Crippen LogP contribution < -0.4 is 10.2 Å². The smallest absolute Gasteiger partial charge is 0.287 e. The zero-order chi connectivity index (χ0) is 21.5. The average Bonchev–Trinajstić information content (AvgIpc) is 3.21. The normalized spacial score (nSPS) is 15.9. The third-order valence-electron chi connectivity index (χ3n) is 5.52. The molecule has 0 aliphatic carbocycles. The summed E-state index contributed by atoms with van der Waals surface area (Å²) in [6, 6.07) is 14.8. The number of para-hydroxylation sites is 1. The van der Waals surface area contributed by atoms with Crippen LogP contribution in [0.2, 0.25) is 0 Å². The summed E-state index contributed by atoms with van der Waals surface area (Å²) in [5.41, 5.74) is 0.806. The number of aryl methyl sites for hydroxylation is 1. The molecule has 1 aliphatic rings. The van der Waals surface area contributed by atoms with Crippen molar-refractivity contribution in [1.29, 1.82) is 5.26 Å². The Morgan fingerprint density at radius 2 is 1.93 bits per heavy atom. The molecular formula is C23H28N4O3. The lowest BCUT2D eigenvalue weighted by atomic mass is 10.0. The van der Waals surface area contributed by atoms with E-state index >= 15 is 0 Å². The van der Waals surface area contributed by atoms with E-state index in [0.29, 0.717) is 18.1 Å². The number of benzene rings is 1. The summed E-state index contributed by atoms with van der Waals surface area (Å²) in [6.07, 6.45) is 1.83. The van der Waals surface area contributed by atoms with Gasteiger partial charge in [-0.2, -0.15) is 5.26 Å². The molecular weight excluding hydrogens is 380 g/mol. The molecule has 1 unspecified atom stereocenters. The molecule has 0 radical (unpaired) electrons. The van der Waals surface area contributed by atoms with Gasteiger partial charge in [-0.1, -0.05) is 18.2 Å². The predicted octanol–water partition coefficient (Wildman–Crippen LogP) is 3.12. The zero-order valence-corrected chi connectivity index (χ0v) is 17.5. The lowest BCUT2D eigenvalue weighted by molar-refractivity contribution is -0.123. The van der Waals surface area contributed by atoms with Gasteiger partial charge in [-0.05, 0) is 51.0 Å². The molecule has 1 N–H and O–H groups in total. The molecule has 7 heteroatoms. The van der Waals surface area contributed by atoms with Crippen molar-refractivity contribution in [3.05, 3.63) is 54.0 Å². The van der Waals surface area contributed by atoms with Crippen LogP contribution in [0.25, 0.3) is 0 Å². The molecule has 1 aromatic heterocycles. The van der Waals surface area contributed by atoms with E-state index in [4.69, 9.17) is 9.68 Å². The maximum Gasteiger partial charge on any atom is 0.287 e. The van der Waals surface area contributed by atoms with Crippen LogP contribution in [0.1, 0.15) is 42.5 Å². The van der Waals surface area contributed by atoms with E-state index in [0.717, 1.165) is 31.6 Å². The Kier molecular flexibility index (Phi) is 7.26. The standard InChI is InChI=1S/C23H28N4O3/c1-17-9-10-21(30-17)22(28)25-19-11-15-26(16-12-19)18(2)23(29)27(14-6-13-24)20-7-4-3-5-8-20/h3-5,7-10,18-19H,6,11-12,14-16H2,1-2H3,(H,25,28). The molecule has 0 bridgehead atoms. The highest BCUT2D eigenvalue weighted by Gasteiger charge is 2.30. The highest BCUT2D eigenvalue weighted by Crippen LogP contribution is 2.20. The van der Waals surface area contributed by atoms with Crippen molar-refractivity contribution in [1.82, 2.24) is 10.2 Å². The molecule has 1 saturated heterocycles. The van der Waals surface area contributed by atoms with Crippen LogP contribution in [0.5, 0.6) is 0 Å². The summed E-state index contributed by atoms with van der Waals surface area (Å²) >= 11 is 0. The van der Waals surface area contributed by atoms with Crippen molar-refractivity contribution in [3.8, 4) is 6.07 Å². The first-order valence-electron chi connectivity index (χ1n) is 10.3. The largest absolute Gasteiger partial charge is 0.456 e. The number of nitrogens with zero attached hydrogens (tertiary/aromatic N) is 3. The Balaban J connectivity index is 1.56. The van der Waals surface area contributed by atoms with Crippen LogP contribution in [0.15, 0.2) is 46.9 Å². The van der Waals surface area contributed by atoms with Gasteiger partial charge in [0.05, 0.1) is 18.5 Å². The molecule has 0 saturated carbocycles. The number of rotatable bonds is 7. The molecule has 30 heavy (non-hydrogen) atoms. The Labute approximate surface area is 177 Å². The Morgan fingerprint density at radius 3 is 2.53 bits per heavy atom. The van der Waals surface area contributed by atoms with Gasteiger partial charge in [-0.3, -0.25) is 14.5 Å². The van der Waals surface area contributed by atoms with Crippen LogP contribution in [0.3, 0.4) is 0 Å². The van der Waals surface area contributed by atoms with Gasteiger partial charge in [-0.15, -0.1) is 0 Å². The third kappa shape index (κ3) is 5.28. The van der Waals surface area contributed by atoms with Crippen molar-refractivity contribution >= 4 is 17.5 Å². The summed E-state index contributed by atoms with van der Waals surface area (Å²) in [5.74, 6) is 0.832. The Bertz CT molecular complexity index is 895. The monoisotopic (exact) mass is 408 g/mol. The first-order valence-corrected chi connectivity index (χ1v) is 10.3.